The summed E-state index contributed by atoms with van der Waals surface area (Å²) in [5.41, 5.74) is 0.637. The van der Waals surface area contributed by atoms with Gasteiger partial charge in [0.1, 0.15) is 5.82 Å². The first-order chi connectivity index (χ1) is 6.70. The van der Waals surface area contributed by atoms with Gasteiger partial charge in [-0.2, -0.15) is 0 Å². The molecule has 74 valence electrons. The van der Waals surface area contributed by atoms with Gasteiger partial charge < -0.3 is 5.32 Å². The standard InChI is InChI=1S/C11H12FNO/c1-7-9(6-13-11(7)14)8-4-2-3-5-10(8)12/h2-5,7,9H,6H2,1H3,(H,13,14). The molecule has 1 saturated heterocycles. The number of carbonyl (C=O) groups excluding carboxylic acids is 1. The highest BCUT2D eigenvalue weighted by Gasteiger charge is 2.33. The predicted octanol–water partition coefficient (Wildman–Crippen LogP) is 1.68. The van der Waals surface area contributed by atoms with Crippen LogP contribution < -0.4 is 5.32 Å². The molecule has 1 fully saturated rings. The average molecular weight is 193 g/mol. The second kappa shape index (κ2) is 3.40. The van der Waals surface area contributed by atoms with Crippen LogP contribution in [-0.2, 0) is 4.79 Å². The lowest BCUT2D eigenvalue weighted by atomic mass is 9.90. The molecule has 0 aliphatic carbocycles. The van der Waals surface area contributed by atoms with Gasteiger partial charge in [-0.1, -0.05) is 25.1 Å². The third kappa shape index (κ3) is 1.39. The molecule has 2 nitrogen and oxygen atoms in total. The molecule has 0 bridgehead atoms. The van der Waals surface area contributed by atoms with Crippen LogP contribution in [0, 0.1) is 11.7 Å². The number of carbonyl (C=O) groups is 1. The molecule has 2 rings (SSSR count). The Hall–Kier alpha value is -1.38. The third-order valence-electron chi connectivity index (χ3n) is 2.82. The highest BCUT2D eigenvalue weighted by atomic mass is 19.1. The van der Waals surface area contributed by atoms with Gasteiger partial charge in [-0.05, 0) is 11.6 Å². The highest BCUT2D eigenvalue weighted by molar-refractivity contribution is 5.81. The van der Waals surface area contributed by atoms with Crippen molar-refractivity contribution in [2.45, 2.75) is 12.8 Å². The summed E-state index contributed by atoms with van der Waals surface area (Å²) < 4.78 is 13.4. The first-order valence-electron chi connectivity index (χ1n) is 4.72. The topological polar surface area (TPSA) is 29.1 Å². The Morgan fingerprint density at radius 1 is 1.43 bits per heavy atom. The molecule has 14 heavy (non-hydrogen) atoms. The van der Waals surface area contributed by atoms with E-state index in [4.69, 9.17) is 0 Å². The lowest BCUT2D eigenvalue weighted by Gasteiger charge is -2.13. The normalized spacial score (nSPS) is 26.3. The number of nitrogens with one attached hydrogen (secondary N) is 1. The first-order valence-corrected chi connectivity index (χ1v) is 4.72. The summed E-state index contributed by atoms with van der Waals surface area (Å²) in [6.07, 6.45) is 0. The predicted molar refractivity (Wildman–Crippen MR) is 51.3 cm³/mol. The molecule has 1 aromatic carbocycles. The number of amides is 1. The number of halogens is 1. The molecule has 0 saturated carbocycles. The lowest BCUT2D eigenvalue weighted by Crippen LogP contribution is -2.17. The maximum Gasteiger partial charge on any atom is 0.223 e. The molecule has 0 aromatic heterocycles. The summed E-state index contributed by atoms with van der Waals surface area (Å²) in [5, 5.41) is 2.74. The van der Waals surface area contributed by atoms with Crippen molar-refractivity contribution in [1.29, 1.82) is 0 Å². The number of benzene rings is 1. The Kier molecular flexibility index (Phi) is 2.23. The second-order valence-corrected chi connectivity index (χ2v) is 3.66. The smallest absolute Gasteiger partial charge is 0.223 e. The number of hydrogen-bond donors (Lipinski definition) is 1. The summed E-state index contributed by atoms with van der Waals surface area (Å²) in [6.45, 7) is 2.38. The fourth-order valence-electron chi connectivity index (χ4n) is 1.89. The molecule has 1 aromatic rings. The van der Waals surface area contributed by atoms with Crippen LogP contribution in [-0.4, -0.2) is 12.5 Å². The van der Waals surface area contributed by atoms with Gasteiger partial charge in [0.2, 0.25) is 5.91 Å². The van der Waals surface area contributed by atoms with E-state index in [1.807, 2.05) is 6.92 Å². The van der Waals surface area contributed by atoms with E-state index in [0.29, 0.717) is 12.1 Å². The van der Waals surface area contributed by atoms with Gasteiger partial charge in [-0.15, -0.1) is 0 Å². The van der Waals surface area contributed by atoms with E-state index in [2.05, 4.69) is 5.32 Å². The molecule has 2 unspecified atom stereocenters. The van der Waals surface area contributed by atoms with Crippen molar-refractivity contribution in [2.75, 3.05) is 6.54 Å². The molecule has 2 atom stereocenters. The van der Waals surface area contributed by atoms with Crippen LogP contribution in [0.15, 0.2) is 24.3 Å². The molecule has 1 aliphatic heterocycles. The maximum atomic E-state index is 13.4. The van der Waals surface area contributed by atoms with E-state index in [1.54, 1.807) is 18.2 Å². The Bertz CT molecular complexity index is 364. The minimum absolute atomic E-state index is 0.0123. The van der Waals surface area contributed by atoms with Crippen molar-refractivity contribution in [3.05, 3.63) is 35.6 Å². The summed E-state index contributed by atoms with van der Waals surface area (Å²) in [5.74, 6) is -0.366. The third-order valence-corrected chi connectivity index (χ3v) is 2.82. The monoisotopic (exact) mass is 193 g/mol. The minimum atomic E-state index is -0.221. The summed E-state index contributed by atoms with van der Waals surface area (Å²) in [7, 11) is 0. The summed E-state index contributed by atoms with van der Waals surface area (Å²) >= 11 is 0. The average Bonchev–Trinajstić information content (AvgIpc) is 2.49. The van der Waals surface area contributed by atoms with Crippen LogP contribution in [0.4, 0.5) is 4.39 Å². The van der Waals surface area contributed by atoms with E-state index in [9.17, 15) is 9.18 Å². The van der Waals surface area contributed by atoms with Gasteiger partial charge in [0.05, 0.1) is 0 Å². The molecule has 0 radical (unpaired) electrons. The van der Waals surface area contributed by atoms with E-state index in [1.165, 1.54) is 6.07 Å². The summed E-state index contributed by atoms with van der Waals surface area (Å²) in [4.78, 5) is 11.2. The summed E-state index contributed by atoms with van der Waals surface area (Å²) in [6, 6.07) is 6.64. The Morgan fingerprint density at radius 2 is 2.14 bits per heavy atom. The van der Waals surface area contributed by atoms with Gasteiger partial charge in [-0.3, -0.25) is 4.79 Å². The van der Waals surface area contributed by atoms with Crippen LogP contribution >= 0.6 is 0 Å². The zero-order chi connectivity index (χ0) is 10.1. The van der Waals surface area contributed by atoms with Crippen molar-refractivity contribution in [3.8, 4) is 0 Å². The Morgan fingerprint density at radius 3 is 2.71 bits per heavy atom. The number of hydrogen-bond acceptors (Lipinski definition) is 1. The largest absolute Gasteiger partial charge is 0.355 e. The Labute approximate surface area is 82.1 Å². The maximum absolute atomic E-state index is 13.4. The van der Waals surface area contributed by atoms with Crippen LogP contribution in [0.2, 0.25) is 0 Å². The highest BCUT2D eigenvalue weighted by Crippen LogP contribution is 2.29. The van der Waals surface area contributed by atoms with Crippen LogP contribution in [0.25, 0.3) is 0 Å². The quantitative estimate of drug-likeness (QED) is 0.722. The first kappa shape index (κ1) is 9.19. The van der Waals surface area contributed by atoms with E-state index < -0.39 is 0 Å². The van der Waals surface area contributed by atoms with Crippen LogP contribution in [0.1, 0.15) is 18.4 Å². The number of rotatable bonds is 1. The molecular weight excluding hydrogens is 181 g/mol. The molecule has 1 heterocycles. The van der Waals surface area contributed by atoms with Gasteiger partial charge in [-0.25, -0.2) is 4.39 Å². The SMILES string of the molecule is CC1C(=O)NCC1c1ccccc1F. The van der Waals surface area contributed by atoms with Crippen molar-refractivity contribution < 1.29 is 9.18 Å². The molecule has 1 aliphatic rings. The molecule has 0 spiro atoms. The van der Waals surface area contributed by atoms with Gasteiger partial charge in [0.25, 0.3) is 0 Å². The fourth-order valence-corrected chi connectivity index (χ4v) is 1.89. The van der Waals surface area contributed by atoms with Crippen molar-refractivity contribution in [1.82, 2.24) is 5.32 Å². The van der Waals surface area contributed by atoms with Crippen molar-refractivity contribution >= 4 is 5.91 Å². The van der Waals surface area contributed by atoms with Gasteiger partial charge in [0, 0.05) is 18.4 Å². The Balaban J connectivity index is 2.32. The lowest BCUT2D eigenvalue weighted by molar-refractivity contribution is -0.122. The van der Waals surface area contributed by atoms with Gasteiger partial charge >= 0.3 is 0 Å². The van der Waals surface area contributed by atoms with E-state index >= 15 is 0 Å². The van der Waals surface area contributed by atoms with E-state index in [-0.39, 0.29) is 23.6 Å². The second-order valence-electron chi connectivity index (χ2n) is 3.66. The molecule has 1 amide bonds. The minimum Gasteiger partial charge on any atom is -0.355 e. The fraction of sp³-hybridized carbons (Fsp3) is 0.364. The molecular formula is C11H12FNO. The molecule has 1 N–H and O–H groups in total. The van der Waals surface area contributed by atoms with Crippen LogP contribution in [0.3, 0.4) is 0 Å². The zero-order valence-electron chi connectivity index (χ0n) is 7.96. The van der Waals surface area contributed by atoms with E-state index in [0.717, 1.165) is 0 Å². The van der Waals surface area contributed by atoms with Gasteiger partial charge in [0.15, 0.2) is 0 Å². The van der Waals surface area contributed by atoms with Crippen molar-refractivity contribution in [2.24, 2.45) is 5.92 Å². The molecule has 3 heteroatoms. The zero-order valence-corrected chi connectivity index (χ0v) is 7.96. The van der Waals surface area contributed by atoms with Crippen LogP contribution in [0.5, 0.6) is 0 Å². The van der Waals surface area contributed by atoms with Crippen molar-refractivity contribution in [3.63, 3.8) is 0 Å².